The maximum atomic E-state index is 11.7. The Hall–Kier alpha value is -2.40. The number of carbonyl (C=O) groups is 1. The van der Waals surface area contributed by atoms with Crippen molar-refractivity contribution in [2.75, 3.05) is 6.61 Å². The minimum Gasteiger partial charge on any atom is -0.462 e. The minimum atomic E-state index is -0.327. The number of halogens is 1. The number of nitrogens with one attached hydrogen (secondary N) is 1. The van der Waals surface area contributed by atoms with E-state index < -0.39 is 0 Å². The first kappa shape index (κ1) is 13.6. The Labute approximate surface area is 125 Å². The highest BCUT2D eigenvalue weighted by atomic mass is 35.5. The second-order valence-corrected chi connectivity index (χ2v) is 4.75. The van der Waals surface area contributed by atoms with E-state index >= 15 is 0 Å². The number of benzene rings is 1. The summed E-state index contributed by atoms with van der Waals surface area (Å²) in [5, 5.41) is 1.10. The van der Waals surface area contributed by atoms with Gasteiger partial charge in [0.05, 0.1) is 23.6 Å². The third-order valence-corrected chi connectivity index (χ3v) is 3.22. The third-order valence-electron chi connectivity index (χ3n) is 3.03. The standard InChI is InChI=1S/C15H12ClN3O2/c1-2-21-14(20)9-3-4-11-10(7-9)8-13(18-11)12-5-6-17-15(16)19-12/h3-8,18H,2H2,1H3. The zero-order valence-corrected chi connectivity index (χ0v) is 12.0. The summed E-state index contributed by atoms with van der Waals surface area (Å²) in [7, 11) is 0. The van der Waals surface area contributed by atoms with Gasteiger partial charge in [-0.05, 0) is 48.9 Å². The summed E-state index contributed by atoms with van der Waals surface area (Å²) < 4.78 is 5.00. The Morgan fingerprint density at radius 1 is 1.33 bits per heavy atom. The molecule has 0 saturated carbocycles. The summed E-state index contributed by atoms with van der Waals surface area (Å²) in [6.07, 6.45) is 1.60. The summed E-state index contributed by atoms with van der Waals surface area (Å²) in [4.78, 5) is 23.0. The van der Waals surface area contributed by atoms with Crippen LogP contribution in [0, 0.1) is 0 Å². The summed E-state index contributed by atoms with van der Waals surface area (Å²) in [5.74, 6) is -0.327. The molecule has 0 unspecified atom stereocenters. The van der Waals surface area contributed by atoms with Crippen molar-refractivity contribution >= 4 is 28.5 Å². The van der Waals surface area contributed by atoms with Gasteiger partial charge in [0.2, 0.25) is 5.28 Å². The van der Waals surface area contributed by atoms with Gasteiger partial charge < -0.3 is 9.72 Å². The maximum absolute atomic E-state index is 11.7. The van der Waals surface area contributed by atoms with Gasteiger partial charge in [0.1, 0.15) is 0 Å². The summed E-state index contributed by atoms with van der Waals surface area (Å²) in [6.45, 7) is 2.14. The SMILES string of the molecule is CCOC(=O)c1ccc2[nH]c(-c3ccnc(Cl)n3)cc2c1. The molecule has 0 aliphatic heterocycles. The monoisotopic (exact) mass is 301 g/mol. The number of fused-ring (bicyclic) bond motifs is 1. The summed E-state index contributed by atoms with van der Waals surface area (Å²) in [5.41, 5.74) is 2.95. The van der Waals surface area contributed by atoms with Gasteiger partial charge in [-0.1, -0.05) is 0 Å². The smallest absolute Gasteiger partial charge is 0.338 e. The van der Waals surface area contributed by atoms with E-state index in [4.69, 9.17) is 16.3 Å². The lowest BCUT2D eigenvalue weighted by molar-refractivity contribution is 0.0526. The van der Waals surface area contributed by atoms with Crippen molar-refractivity contribution in [1.82, 2.24) is 15.0 Å². The molecule has 3 aromatic rings. The lowest BCUT2D eigenvalue weighted by Gasteiger charge is -2.00. The number of hydrogen-bond acceptors (Lipinski definition) is 4. The summed E-state index contributed by atoms with van der Waals surface area (Å²) >= 11 is 5.80. The van der Waals surface area contributed by atoms with E-state index in [1.54, 1.807) is 31.3 Å². The number of ether oxygens (including phenoxy) is 1. The van der Waals surface area contributed by atoms with Gasteiger partial charge in [0, 0.05) is 17.1 Å². The van der Waals surface area contributed by atoms with E-state index in [9.17, 15) is 4.79 Å². The molecule has 5 nitrogen and oxygen atoms in total. The van der Waals surface area contributed by atoms with Crippen LogP contribution in [0.5, 0.6) is 0 Å². The third kappa shape index (κ3) is 2.73. The molecule has 0 radical (unpaired) electrons. The van der Waals surface area contributed by atoms with Crippen molar-refractivity contribution in [3.63, 3.8) is 0 Å². The number of rotatable bonds is 3. The van der Waals surface area contributed by atoms with Crippen molar-refractivity contribution in [3.8, 4) is 11.4 Å². The highest BCUT2D eigenvalue weighted by Crippen LogP contribution is 2.24. The lowest BCUT2D eigenvalue weighted by atomic mass is 10.1. The molecule has 2 heterocycles. The highest BCUT2D eigenvalue weighted by Gasteiger charge is 2.10. The van der Waals surface area contributed by atoms with Crippen LogP contribution in [0.25, 0.3) is 22.3 Å². The minimum absolute atomic E-state index is 0.193. The predicted octanol–water partition coefficient (Wildman–Crippen LogP) is 3.46. The van der Waals surface area contributed by atoms with Gasteiger partial charge in [0.15, 0.2) is 0 Å². The zero-order valence-electron chi connectivity index (χ0n) is 11.3. The van der Waals surface area contributed by atoms with Crippen LogP contribution in [0.4, 0.5) is 0 Å². The number of nitrogens with zero attached hydrogens (tertiary/aromatic N) is 2. The van der Waals surface area contributed by atoms with E-state index in [0.29, 0.717) is 17.9 Å². The Kier molecular flexibility index (Phi) is 3.58. The molecule has 0 atom stereocenters. The average molecular weight is 302 g/mol. The topological polar surface area (TPSA) is 67.9 Å². The van der Waals surface area contributed by atoms with Gasteiger partial charge in [0.25, 0.3) is 0 Å². The molecular weight excluding hydrogens is 290 g/mol. The molecule has 106 valence electrons. The zero-order chi connectivity index (χ0) is 14.8. The first-order valence-corrected chi connectivity index (χ1v) is 6.84. The molecule has 0 fully saturated rings. The molecule has 6 heteroatoms. The molecule has 3 rings (SSSR count). The van der Waals surface area contributed by atoms with Crippen LogP contribution >= 0.6 is 11.6 Å². The quantitative estimate of drug-likeness (QED) is 0.594. The van der Waals surface area contributed by atoms with Crippen LogP contribution in [-0.4, -0.2) is 27.5 Å². The van der Waals surface area contributed by atoms with Gasteiger partial charge in [-0.3, -0.25) is 0 Å². The highest BCUT2D eigenvalue weighted by molar-refractivity contribution is 6.28. The van der Waals surface area contributed by atoms with Crippen molar-refractivity contribution in [2.45, 2.75) is 6.92 Å². The second kappa shape index (κ2) is 5.54. The number of esters is 1. The molecule has 0 saturated heterocycles. The van der Waals surface area contributed by atoms with Gasteiger partial charge in [-0.2, -0.15) is 0 Å². The fraction of sp³-hybridized carbons (Fsp3) is 0.133. The number of carbonyl (C=O) groups excluding carboxylic acids is 1. The van der Waals surface area contributed by atoms with Crippen molar-refractivity contribution < 1.29 is 9.53 Å². The Balaban J connectivity index is 2.02. The fourth-order valence-electron chi connectivity index (χ4n) is 2.10. The van der Waals surface area contributed by atoms with Crippen LogP contribution in [0.15, 0.2) is 36.5 Å². The number of aromatic amines is 1. The molecule has 0 spiro atoms. The van der Waals surface area contributed by atoms with Crippen molar-refractivity contribution in [3.05, 3.63) is 47.4 Å². The first-order valence-electron chi connectivity index (χ1n) is 6.46. The van der Waals surface area contributed by atoms with Crippen LogP contribution < -0.4 is 0 Å². The summed E-state index contributed by atoms with van der Waals surface area (Å²) in [6, 6.07) is 9.04. The Morgan fingerprint density at radius 3 is 2.95 bits per heavy atom. The number of H-pyrrole nitrogens is 1. The van der Waals surface area contributed by atoms with Gasteiger partial charge in [-0.15, -0.1) is 0 Å². The van der Waals surface area contributed by atoms with E-state index in [2.05, 4.69) is 15.0 Å². The van der Waals surface area contributed by atoms with Gasteiger partial charge in [-0.25, -0.2) is 14.8 Å². The van der Waals surface area contributed by atoms with Crippen LogP contribution in [0.1, 0.15) is 17.3 Å². The molecule has 21 heavy (non-hydrogen) atoms. The van der Waals surface area contributed by atoms with Crippen LogP contribution in [-0.2, 0) is 4.74 Å². The van der Waals surface area contributed by atoms with E-state index in [0.717, 1.165) is 16.6 Å². The fourth-order valence-corrected chi connectivity index (χ4v) is 2.24. The van der Waals surface area contributed by atoms with Crippen LogP contribution in [0.2, 0.25) is 5.28 Å². The van der Waals surface area contributed by atoms with Crippen molar-refractivity contribution in [2.24, 2.45) is 0 Å². The largest absolute Gasteiger partial charge is 0.462 e. The maximum Gasteiger partial charge on any atom is 0.338 e. The van der Waals surface area contributed by atoms with Crippen molar-refractivity contribution in [1.29, 1.82) is 0 Å². The molecule has 0 aliphatic carbocycles. The van der Waals surface area contributed by atoms with E-state index in [-0.39, 0.29) is 11.3 Å². The molecule has 0 aliphatic rings. The molecule has 0 bridgehead atoms. The molecule has 2 aromatic heterocycles. The molecule has 0 amide bonds. The Morgan fingerprint density at radius 2 is 2.19 bits per heavy atom. The lowest BCUT2D eigenvalue weighted by Crippen LogP contribution is -2.03. The molecule has 1 aromatic carbocycles. The number of aromatic nitrogens is 3. The van der Waals surface area contributed by atoms with Crippen LogP contribution in [0.3, 0.4) is 0 Å². The second-order valence-electron chi connectivity index (χ2n) is 4.42. The predicted molar refractivity (Wildman–Crippen MR) is 80.3 cm³/mol. The Bertz CT molecular complexity index is 814. The number of hydrogen-bond donors (Lipinski definition) is 1. The first-order chi connectivity index (χ1) is 10.2. The molecule has 1 N–H and O–H groups in total. The van der Waals surface area contributed by atoms with E-state index in [1.807, 2.05) is 12.1 Å². The van der Waals surface area contributed by atoms with E-state index in [1.165, 1.54) is 0 Å². The average Bonchev–Trinajstić information content (AvgIpc) is 2.90. The normalized spacial score (nSPS) is 10.8. The van der Waals surface area contributed by atoms with Gasteiger partial charge >= 0.3 is 5.97 Å². The molecular formula is C15H12ClN3O2.